The SMILES string of the molecule is COc1ccc(C(=O)[C@@H](NS(=O)(=O)c2ccc(C)cc2)[C@@H](Br)c2ccc(Cl)c(Cl)c2)cc1. The number of sulfonamides is 1. The van der Waals surface area contributed by atoms with Crippen LogP contribution < -0.4 is 9.46 Å². The Bertz CT molecular complexity index is 1220. The van der Waals surface area contributed by atoms with Gasteiger partial charge in [-0.1, -0.05) is 62.9 Å². The van der Waals surface area contributed by atoms with Crippen LogP contribution in [0.25, 0.3) is 0 Å². The number of nitrogens with one attached hydrogen (secondary N) is 1. The smallest absolute Gasteiger partial charge is 0.241 e. The van der Waals surface area contributed by atoms with E-state index in [1.165, 1.54) is 19.2 Å². The fourth-order valence-corrected chi connectivity index (χ4v) is 5.36. The van der Waals surface area contributed by atoms with Gasteiger partial charge in [0.05, 0.1) is 26.9 Å². The van der Waals surface area contributed by atoms with Crippen molar-refractivity contribution in [1.82, 2.24) is 4.72 Å². The van der Waals surface area contributed by atoms with Crippen LogP contribution in [0.4, 0.5) is 0 Å². The molecule has 168 valence electrons. The highest BCUT2D eigenvalue weighted by atomic mass is 79.9. The molecule has 0 saturated carbocycles. The highest BCUT2D eigenvalue weighted by Gasteiger charge is 2.33. The molecule has 3 rings (SSSR count). The van der Waals surface area contributed by atoms with E-state index in [1.807, 2.05) is 6.92 Å². The molecular formula is C23H20BrCl2NO4S. The largest absolute Gasteiger partial charge is 0.497 e. The predicted octanol–water partition coefficient (Wildman–Crippen LogP) is 5.98. The number of hydrogen-bond acceptors (Lipinski definition) is 4. The van der Waals surface area contributed by atoms with Crippen LogP contribution >= 0.6 is 39.1 Å². The van der Waals surface area contributed by atoms with Gasteiger partial charge in [-0.15, -0.1) is 0 Å². The minimum Gasteiger partial charge on any atom is -0.497 e. The van der Waals surface area contributed by atoms with Crippen LogP contribution in [0.15, 0.2) is 71.6 Å². The Labute approximate surface area is 205 Å². The number of methoxy groups -OCH3 is 1. The number of Topliss-reactive ketones (excluding diaryl/α,β-unsaturated/α-hetero) is 1. The van der Waals surface area contributed by atoms with Gasteiger partial charge in [-0.05, 0) is 61.0 Å². The van der Waals surface area contributed by atoms with Crippen molar-refractivity contribution < 1.29 is 17.9 Å². The van der Waals surface area contributed by atoms with Crippen molar-refractivity contribution >= 4 is 54.9 Å². The van der Waals surface area contributed by atoms with Crippen molar-refractivity contribution in [3.8, 4) is 5.75 Å². The summed E-state index contributed by atoms with van der Waals surface area (Å²) in [6.07, 6.45) is 0. The second-order valence-electron chi connectivity index (χ2n) is 7.08. The molecule has 0 amide bonds. The van der Waals surface area contributed by atoms with E-state index >= 15 is 0 Å². The lowest BCUT2D eigenvalue weighted by Crippen LogP contribution is -2.43. The molecule has 0 spiro atoms. The van der Waals surface area contributed by atoms with Crippen LogP contribution in [-0.4, -0.2) is 27.4 Å². The standard InChI is InChI=1S/C23H20BrCl2NO4S/c1-14-3-10-18(11-4-14)32(29,30)27-22(21(24)16-7-12-19(25)20(26)13-16)23(28)15-5-8-17(31-2)9-6-15/h3-13,21-22,27H,1-2H3/t21-,22-/m0/s1. The second kappa shape index (κ2) is 10.4. The highest BCUT2D eigenvalue weighted by molar-refractivity contribution is 9.09. The summed E-state index contributed by atoms with van der Waals surface area (Å²) in [5, 5.41) is 0.652. The topological polar surface area (TPSA) is 72.5 Å². The zero-order chi connectivity index (χ0) is 23.5. The Balaban J connectivity index is 2.01. The minimum absolute atomic E-state index is 0.0597. The predicted molar refractivity (Wildman–Crippen MR) is 131 cm³/mol. The van der Waals surface area contributed by atoms with Crippen molar-refractivity contribution in [3.63, 3.8) is 0 Å². The van der Waals surface area contributed by atoms with Crippen molar-refractivity contribution in [2.45, 2.75) is 22.7 Å². The lowest BCUT2D eigenvalue weighted by atomic mass is 9.98. The van der Waals surface area contributed by atoms with Crippen LogP contribution in [0.5, 0.6) is 5.75 Å². The number of halogens is 3. The summed E-state index contributed by atoms with van der Waals surface area (Å²) in [6, 6.07) is 16.5. The summed E-state index contributed by atoms with van der Waals surface area (Å²) in [4.78, 5) is 12.8. The lowest BCUT2D eigenvalue weighted by Gasteiger charge is -2.24. The summed E-state index contributed by atoms with van der Waals surface area (Å²) >= 11 is 15.7. The second-order valence-corrected chi connectivity index (χ2v) is 10.6. The van der Waals surface area contributed by atoms with Crippen LogP contribution in [0, 0.1) is 6.92 Å². The molecule has 3 aromatic carbocycles. The van der Waals surface area contributed by atoms with Crippen LogP contribution in [0.3, 0.4) is 0 Å². The summed E-state index contributed by atoms with van der Waals surface area (Å²) in [7, 11) is -2.48. The van der Waals surface area contributed by atoms with Gasteiger partial charge < -0.3 is 4.74 Å². The fourth-order valence-electron chi connectivity index (χ4n) is 3.01. The van der Waals surface area contributed by atoms with Crippen molar-refractivity contribution in [2.24, 2.45) is 0 Å². The molecule has 5 nitrogen and oxygen atoms in total. The summed E-state index contributed by atoms with van der Waals surface area (Å²) in [5.74, 6) is 0.162. The van der Waals surface area contributed by atoms with Gasteiger partial charge in [0.1, 0.15) is 11.8 Å². The average molecular weight is 557 g/mol. The molecular weight excluding hydrogens is 537 g/mol. The Hall–Kier alpha value is -1.90. The van der Waals surface area contributed by atoms with Crippen LogP contribution in [-0.2, 0) is 10.0 Å². The lowest BCUT2D eigenvalue weighted by molar-refractivity contribution is 0.0952. The number of carbonyl (C=O) groups excluding carboxylic acids is 1. The monoisotopic (exact) mass is 555 g/mol. The molecule has 3 aromatic rings. The molecule has 0 bridgehead atoms. The van der Waals surface area contributed by atoms with E-state index < -0.39 is 26.7 Å². The molecule has 9 heteroatoms. The van der Waals surface area contributed by atoms with Crippen molar-refractivity contribution in [2.75, 3.05) is 7.11 Å². The number of ether oxygens (including phenoxy) is 1. The molecule has 0 unspecified atom stereocenters. The molecule has 2 atom stereocenters. The molecule has 1 N–H and O–H groups in total. The van der Waals surface area contributed by atoms with E-state index in [0.29, 0.717) is 26.9 Å². The molecule has 0 aliphatic rings. The molecule has 0 saturated heterocycles. The van der Waals surface area contributed by atoms with Gasteiger partial charge in [0, 0.05) is 5.56 Å². The van der Waals surface area contributed by atoms with Crippen LogP contribution in [0.2, 0.25) is 10.0 Å². The number of carbonyl (C=O) groups is 1. The van der Waals surface area contributed by atoms with Gasteiger partial charge in [-0.25, -0.2) is 8.42 Å². The summed E-state index contributed by atoms with van der Waals surface area (Å²) in [6.45, 7) is 1.86. The van der Waals surface area contributed by atoms with Crippen molar-refractivity contribution in [3.05, 3.63) is 93.5 Å². The summed E-state index contributed by atoms with van der Waals surface area (Å²) < 4.78 is 33.9. The maximum atomic E-state index is 13.4. The minimum atomic E-state index is -4.00. The zero-order valence-electron chi connectivity index (χ0n) is 17.2. The zero-order valence-corrected chi connectivity index (χ0v) is 21.1. The Morgan fingerprint density at radius 3 is 2.16 bits per heavy atom. The Morgan fingerprint density at radius 2 is 1.59 bits per heavy atom. The number of rotatable bonds is 8. The normalized spacial score (nSPS) is 13.4. The average Bonchev–Trinajstić information content (AvgIpc) is 2.79. The third-order valence-corrected chi connectivity index (χ3v) is 8.08. The van der Waals surface area contributed by atoms with E-state index in [1.54, 1.807) is 54.6 Å². The Morgan fingerprint density at radius 1 is 0.969 bits per heavy atom. The van der Waals surface area contributed by atoms with Gasteiger partial charge in [0.15, 0.2) is 5.78 Å². The van der Waals surface area contributed by atoms with Crippen molar-refractivity contribution in [1.29, 1.82) is 0 Å². The molecule has 0 aliphatic heterocycles. The van der Waals surface area contributed by atoms with E-state index in [4.69, 9.17) is 27.9 Å². The third-order valence-electron chi connectivity index (χ3n) is 4.83. The van der Waals surface area contributed by atoms with Gasteiger partial charge in [0.2, 0.25) is 10.0 Å². The first-order valence-electron chi connectivity index (χ1n) is 9.48. The fraction of sp³-hybridized carbons (Fsp3) is 0.174. The number of aryl methyl sites for hydroxylation is 1. The first-order chi connectivity index (χ1) is 15.1. The number of benzene rings is 3. The first-order valence-corrected chi connectivity index (χ1v) is 12.6. The van der Waals surface area contributed by atoms with Gasteiger partial charge in [-0.2, -0.15) is 4.72 Å². The van der Waals surface area contributed by atoms with E-state index in [2.05, 4.69) is 20.7 Å². The maximum Gasteiger partial charge on any atom is 0.241 e. The maximum absolute atomic E-state index is 13.4. The van der Waals surface area contributed by atoms with E-state index in [9.17, 15) is 13.2 Å². The molecule has 0 fully saturated rings. The number of hydrogen-bond donors (Lipinski definition) is 1. The van der Waals surface area contributed by atoms with E-state index in [0.717, 1.165) is 5.56 Å². The number of ketones is 1. The summed E-state index contributed by atoms with van der Waals surface area (Å²) in [5.41, 5.74) is 1.84. The van der Waals surface area contributed by atoms with Crippen LogP contribution in [0.1, 0.15) is 26.3 Å². The molecule has 32 heavy (non-hydrogen) atoms. The third kappa shape index (κ3) is 5.71. The van der Waals surface area contributed by atoms with Gasteiger partial charge >= 0.3 is 0 Å². The van der Waals surface area contributed by atoms with Gasteiger partial charge in [-0.3, -0.25) is 4.79 Å². The van der Waals surface area contributed by atoms with E-state index in [-0.39, 0.29) is 4.90 Å². The highest BCUT2D eigenvalue weighted by Crippen LogP contribution is 2.34. The Kier molecular flexibility index (Phi) is 8.01. The molecule has 0 heterocycles. The number of alkyl halides is 1. The first kappa shape index (κ1) is 24.7. The van der Waals surface area contributed by atoms with Gasteiger partial charge in [0.25, 0.3) is 0 Å². The molecule has 0 aromatic heterocycles. The molecule has 0 aliphatic carbocycles. The quantitative estimate of drug-likeness (QED) is 0.274. The molecule has 0 radical (unpaired) electrons.